The Bertz CT molecular complexity index is 1380. The molecule has 0 aliphatic heterocycles. The standard InChI is InChI=1S/C74H136O6/c1-4-7-10-13-16-19-22-25-28-30-32-33-34-35-36-37-38-39-40-42-43-46-49-52-55-58-61-64-67-73(76)79-70-71(69-78-72(75)66-63-60-57-54-51-48-45-27-24-21-18-15-12-9-6-3)80-74(77)68-65-62-59-56-53-50-47-44-41-31-29-26-23-20-17-14-11-8-5-2/h17,20,26-27,29,41,44-45,71H,4-16,18-19,21-25,28,30-40,42-43,46-70H2,1-3H3/b20-17-,29-26-,44-41-,45-27-. The van der Waals surface area contributed by atoms with E-state index in [9.17, 15) is 14.4 Å². The van der Waals surface area contributed by atoms with Gasteiger partial charge in [-0.05, 0) is 83.5 Å². The van der Waals surface area contributed by atoms with Crippen molar-refractivity contribution in [1.29, 1.82) is 0 Å². The first kappa shape index (κ1) is 77.4. The zero-order valence-corrected chi connectivity index (χ0v) is 53.9. The maximum absolute atomic E-state index is 12.9. The molecule has 0 aliphatic rings. The largest absolute Gasteiger partial charge is 0.462 e. The molecule has 0 amide bonds. The van der Waals surface area contributed by atoms with Crippen LogP contribution in [0.25, 0.3) is 0 Å². The van der Waals surface area contributed by atoms with E-state index < -0.39 is 6.10 Å². The van der Waals surface area contributed by atoms with Crippen molar-refractivity contribution in [2.45, 2.75) is 393 Å². The first-order chi connectivity index (χ1) is 39.5. The molecule has 0 radical (unpaired) electrons. The predicted octanol–water partition coefficient (Wildman–Crippen LogP) is 24.5. The molecule has 0 saturated heterocycles. The first-order valence-corrected chi connectivity index (χ1v) is 35.6. The molecule has 1 unspecified atom stereocenters. The summed E-state index contributed by atoms with van der Waals surface area (Å²) in [6.45, 7) is 6.66. The summed E-state index contributed by atoms with van der Waals surface area (Å²) in [7, 11) is 0. The fourth-order valence-electron chi connectivity index (χ4n) is 10.7. The third-order valence-corrected chi connectivity index (χ3v) is 16.1. The Morgan fingerprint density at radius 1 is 0.250 bits per heavy atom. The molecule has 468 valence electrons. The number of allylic oxidation sites excluding steroid dienone is 8. The van der Waals surface area contributed by atoms with Gasteiger partial charge in [-0.1, -0.05) is 333 Å². The van der Waals surface area contributed by atoms with E-state index in [-0.39, 0.29) is 31.1 Å². The molecule has 6 nitrogen and oxygen atoms in total. The molecule has 0 heterocycles. The van der Waals surface area contributed by atoms with Crippen LogP contribution in [0.15, 0.2) is 48.6 Å². The van der Waals surface area contributed by atoms with Gasteiger partial charge in [-0.15, -0.1) is 0 Å². The normalized spacial score (nSPS) is 12.3. The lowest BCUT2D eigenvalue weighted by Crippen LogP contribution is -2.30. The highest BCUT2D eigenvalue weighted by molar-refractivity contribution is 5.71. The van der Waals surface area contributed by atoms with Crippen LogP contribution >= 0.6 is 0 Å². The van der Waals surface area contributed by atoms with Gasteiger partial charge in [0.05, 0.1) is 0 Å². The zero-order chi connectivity index (χ0) is 57.8. The summed E-state index contributed by atoms with van der Waals surface area (Å²) in [6, 6.07) is 0. The first-order valence-electron chi connectivity index (χ1n) is 35.6. The highest BCUT2D eigenvalue weighted by atomic mass is 16.6. The second-order valence-electron chi connectivity index (χ2n) is 24.1. The Balaban J connectivity index is 4.25. The van der Waals surface area contributed by atoms with Gasteiger partial charge in [0.15, 0.2) is 6.10 Å². The monoisotopic (exact) mass is 1120 g/mol. The van der Waals surface area contributed by atoms with E-state index in [1.807, 2.05) is 0 Å². The molecule has 0 rings (SSSR count). The zero-order valence-electron chi connectivity index (χ0n) is 53.9. The lowest BCUT2D eigenvalue weighted by molar-refractivity contribution is -0.167. The number of esters is 3. The van der Waals surface area contributed by atoms with Gasteiger partial charge < -0.3 is 14.2 Å². The van der Waals surface area contributed by atoms with Crippen LogP contribution in [0.4, 0.5) is 0 Å². The van der Waals surface area contributed by atoms with Crippen molar-refractivity contribution in [2.24, 2.45) is 0 Å². The highest BCUT2D eigenvalue weighted by Gasteiger charge is 2.19. The molecule has 0 aliphatic carbocycles. The smallest absolute Gasteiger partial charge is 0.306 e. The maximum atomic E-state index is 12.9. The van der Waals surface area contributed by atoms with Gasteiger partial charge in [-0.3, -0.25) is 14.4 Å². The summed E-state index contributed by atoms with van der Waals surface area (Å²) in [5, 5.41) is 0. The summed E-state index contributed by atoms with van der Waals surface area (Å²) >= 11 is 0. The number of hydrogen-bond donors (Lipinski definition) is 0. The Morgan fingerprint density at radius 2 is 0.450 bits per heavy atom. The molecule has 0 aromatic carbocycles. The lowest BCUT2D eigenvalue weighted by Gasteiger charge is -2.18. The minimum atomic E-state index is -0.783. The summed E-state index contributed by atoms with van der Waals surface area (Å²) in [6.07, 6.45) is 87.2. The Hall–Kier alpha value is -2.63. The molecule has 0 saturated carbocycles. The van der Waals surface area contributed by atoms with Gasteiger partial charge in [0, 0.05) is 19.3 Å². The Kier molecular flexibility index (Phi) is 66.6. The van der Waals surface area contributed by atoms with Crippen molar-refractivity contribution < 1.29 is 28.6 Å². The highest BCUT2D eigenvalue weighted by Crippen LogP contribution is 2.18. The van der Waals surface area contributed by atoms with Crippen LogP contribution in [0, 0.1) is 0 Å². The van der Waals surface area contributed by atoms with Crippen molar-refractivity contribution in [3.63, 3.8) is 0 Å². The van der Waals surface area contributed by atoms with Crippen LogP contribution in [0.5, 0.6) is 0 Å². The van der Waals surface area contributed by atoms with E-state index in [2.05, 4.69) is 69.4 Å². The quantitative estimate of drug-likeness (QED) is 0.0261. The molecule has 0 fully saturated rings. The number of hydrogen-bond acceptors (Lipinski definition) is 6. The van der Waals surface area contributed by atoms with Crippen LogP contribution in [0.2, 0.25) is 0 Å². The summed E-state index contributed by atoms with van der Waals surface area (Å²) in [5.41, 5.74) is 0. The van der Waals surface area contributed by atoms with Crippen LogP contribution in [-0.2, 0) is 28.6 Å². The number of unbranched alkanes of at least 4 members (excludes halogenated alkanes) is 47. The SMILES string of the molecule is CCCCC/C=C\C/C=C\C/C=C\CCCCCCCCC(=O)OC(COC(=O)CCCCCCC/C=C\CCCCCCCC)COC(=O)CCCCCCCCCCCCCCCCCCCCCCCCCCCCCC. The summed E-state index contributed by atoms with van der Waals surface area (Å²) in [5.74, 6) is -0.874. The molecule has 0 spiro atoms. The molecular formula is C74H136O6. The summed E-state index contributed by atoms with van der Waals surface area (Å²) < 4.78 is 17.0. The van der Waals surface area contributed by atoms with Crippen molar-refractivity contribution in [3.05, 3.63) is 48.6 Å². The number of carbonyl (C=O) groups is 3. The third kappa shape index (κ3) is 66.2. The second kappa shape index (κ2) is 68.9. The fourth-order valence-corrected chi connectivity index (χ4v) is 10.7. The average Bonchev–Trinajstić information content (AvgIpc) is 3.46. The fraction of sp³-hybridized carbons (Fsp3) is 0.851. The predicted molar refractivity (Wildman–Crippen MR) is 349 cm³/mol. The third-order valence-electron chi connectivity index (χ3n) is 16.1. The Labute approximate surface area is 498 Å². The molecule has 0 aromatic heterocycles. The molecule has 0 bridgehead atoms. The molecule has 80 heavy (non-hydrogen) atoms. The van der Waals surface area contributed by atoms with Gasteiger partial charge in [0.1, 0.15) is 13.2 Å². The van der Waals surface area contributed by atoms with Gasteiger partial charge in [-0.2, -0.15) is 0 Å². The lowest BCUT2D eigenvalue weighted by atomic mass is 10.0. The molecule has 0 aromatic rings. The number of carbonyl (C=O) groups excluding carboxylic acids is 3. The molecule has 1 atom stereocenters. The molecular weight excluding hydrogens is 985 g/mol. The van der Waals surface area contributed by atoms with Gasteiger partial charge in [0.2, 0.25) is 0 Å². The van der Waals surface area contributed by atoms with Crippen LogP contribution < -0.4 is 0 Å². The number of rotatable bonds is 66. The Morgan fingerprint density at radius 3 is 0.738 bits per heavy atom. The number of ether oxygens (including phenoxy) is 3. The van der Waals surface area contributed by atoms with Crippen LogP contribution in [-0.4, -0.2) is 37.2 Å². The van der Waals surface area contributed by atoms with E-state index >= 15 is 0 Å². The molecule has 6 heteroatoms. The van der Waals surface area contributed by atoms with E-state index in [1.54, 1.807) is 0 Å². The van der Waals surface area contributed by atoms with E-state index in [0.717, 1.165) is 89.9 Å². The maximum Gasteiger partial charge on any atom is 0.306 e. The van der Waals surface area contributed by atoms with E-state index in [4.69, 9.17) is 14.2 Å². The van der Waals surface area contributed by atoms with Crippen molar-refractivity contribution in [2.75, 3.05) is 13.2 Å². The van der Waals surface area contributed by atoms with Crippen LogP contribution in [0.3, 0.4) is 0 Å². The van der Waals surface area contributed by atoms with Gasteiger partial charge in [0.25, 0.3) is 0 Å². The van der Waals surface area contributed by atoms with Crippen molar-refractivity contribution in [1.82, 2.24) is 0 Å². The van der Waals surface area contributed by atoms with E-state index in [0.29, 0.717) is 19.3 Å². The van der Waals surface area contributed by atoms with Crippen molar-refractivity contribution >= 4 is 17.9 Å². The second-order valence-corrected chi connectivity index (χ2v) is 24.1. The summed E-state index contributed by atoms with van der Waals surface area (Å²) in [4.78, 5) is 38.4. The minimum absolute atomic E-state index is 0.0773. The van der Waals surface area contributed by atoms with E-state index in [1.165, 1.54) is 257 Å². The van der Waals surface area contributed by atoms with Gasteiger partial charge >= 0.3 is 17.9 Å². The molecule has 0 N–H and O–H groups in total. The topological polar surface area (TPSA) is 78.9 Å². The van der Waals surface area contributed by atoms with Crippen molar-refractivity contribution in [3.8, 4) is 0 Å². The average molecular weight is 1120 g/mol. The van der Waals surface area contributed by atoms with Gasteiger partial charge in [-0.25, -0.2) is 0 Å². The minimum Gasteiger partial charge on any atom is -0.462 e. The van der Waals surface area contributed by atoms with Crippen LogP contribution in [0.1, 0.15) is 387 Å².